The van der Waals surface area contributed by atoms with Gasteiger partial charge in [0.05, 0.1) is 53.1 Å². The molecule has 8 fully saturated rings. The van der Waals surface area contributed by atoms with Gasteiger partial charge in [0.2, 0.25) is 0 Å². The van der Waals surface area contributed by atoms with E-state index in [-0.39, 0.29) is 53.2 Å². The van der Waals surface area contributed by atoms with E-state index in [0.29, 0.717) is 63.6 Å². The van der Waals surface area contributed by atoms with Crippen LogP contribution in [0.4, 0.5) is 19.0 Å². The van der Waals surface area contributed by atoms with Gasteiger partial charge in [-0.15, -0.1) is 0 Å². The molecular formula is C58H59F2I60LiN6O10S2. The van der Waals surface area contributed by atoms with Crippen molar-refractivity contribution in [1.82, 2.24) is 20.3 Å². The maximum absolute atomic E-state index is 14.7. The Hall–Kier alpha value is 37.7. The average molecular weight is 8720 g/mol. The Morgan fingerprint density at radius 2 is 0.662 bits per heavy atom. The zero-order valence-corrected chi connectivity index (χ0v) is 198. The number of esters is 1. The van der Waals surface area contributed by atoms with Crippen molar-refractivity contribution < 1.29 is 76.2 Å². The number of piperidine rings is 4. The topological polar surface area (TPSA) is 217 Å². The number of aromatic nitrogens is 4. The predicted molar refractivity (Wildman–Crippen MR) is 1130 cm³/mol. The molecule has 0 amide bonds. The van der Waals surface area contributed by atoms with Crippen LogP contribution in [0.3, 0.4) is 0 Å². The zero-order chi connectivity index (χ0) is 101. The first kappa shape index (κ1) is 160. The van der Waals surface area contributed by atoms with E-state index in [1.54, 1.807) is 6.07 Å². The quantitative estimate of drug-likeness (QED) is 0.0207. The van der Waals surface area contributed by atoms with Crippen molar-refractivity contribution in [1.29, 1.82) is 0 Å². The normalized spacial score (nSPS) is 20.5. The molecule has 4 aliphatic heterocycles. The molecular weight excluding hydrogens is 8660 g/mol. The number of aryl methyl sites for hydroxylation is 2. The summed E-state index contributed by atoms with van der Waals surface area (Å²) in [6.07, 6.45) is 7.11. The molecule has 4 atom stereocenters. The number of carboxylic acids is 1. The number of anilines is 2. The van der Waals surface area contributed by atoms with Gasteiger partial charge in [0, 0.05) is 91.1 Å². The van der Waals surface area contributed by atoms with E-state index in [9.17, 15) is 23.5 Å². The SMILES string of the molecule is CO.COC(=O)c1cc(F)c2nc(N3CC4CC(C3)C4OCc3c(-c4ccccc4C)noc3C3CC3)sc2c1.Cc1ccccc1-c1noc(C2CC2)c1COC1C2CC1CN(c1nc3c(F)cc(C(=O)O)cc3s1)C2.II(I)I(I)I(I)I(I)I(I)I(I)I(I)I(I)I(I)I(I)I(I)I(I)I(I)I(I)I(I)I(I)I(I)I(I)I(I)I(I)I(I)I(I)I(I)I(I)I(I)I(I)I(I)I(I)I(I)I.[Li+].[OH-]. The van der Waals surface area contributed by atoms with Gasteiger partial charge in [-0.05, 0) is 87.8 Å². The minimum Gasteiger partial charge on any atom is -0.870 e. The molecule has 139 heavy (non-hydrogen) atoms. The molecule has 8 aliphatic rings. The number of aliphatic hydroxyl groups excluding tert-OH is 1. The molecule has 4 saturated heterocycles. The average Bonchev–Trinajstić information content (AvgIpc) is 1.74. The number of ether oxygens (including phenoxy) is 3. The molecule has 4 aliphatic carbocycles. The standard InChI is InChI=1S/C29H28FN3O4S.C28H26FN3O4S.CH4O.I60.Li.H2O/c1-15-5-3-4-6-20(15)24-21(27(37-32-24)16-7-8-16)14-36-26-18-9-19(26)13-33(12-18)29-31-25-22(30)10-17(28(34)35-2)11-23(25)38-29;1-14-4-2-3-5-19(14)23-20(26(36-31-23)15-6-7-15)13-35-25-17-8-18(25)12-32(11-17)28-30-24-21(29)9-16(27(33)34)10-22(24)37-28;1-2;1-32(2)34(5)36(7)38(9)40(11)42(13)44(15)46(17)48(19)50(21)52(23)54(25)56(27)58(29)60(31)59(30)57(28)55(26)53(24)51(22)49(20)47(18)45(16)43(14)41(12)39(10)37(8)35(6)33(3)4;;/h3-6,10-11,16,18-19,26H,7-9,12-14H2,1-2H3;2-5,9-10,15,17-18,25H,6-8,11-13H2,1H3,(H,33,34);2H,1H3;;;1H2/q;;;;+1;/p-1. The van der Waals surface area contributed by atoms with Gasteiger partial charge < -0.3 is 48.7 Å². The molecule has 3 N–H and O–H groups in total. The molecule has 0 radical (unpaired) electrons. The second-order valence-corrected chi connectivity index (χ2v) is 1440. The zero-order valence-electron chi connectivity index (χ0n) is 67.2. The van der Waals surface area contributed by atoms with E-state index in [2.05, 4.69) is 645 Å². The Morgan fingerprint density at radius 3 is 0.906 bits per heavy atom. The fourth-order valence-electron chi connectivity index (χ4n) is 12.7. The van der Waals surface area contributed by atoms with Gasteiger partial charge in [-0.2, -0.15) is 0 Å². The number of nitrogens with zero attached hydrogens (tertiary/aromatic N) is 6. The number of benzene rings is 4. The second kappa shape index (κ2) is 82.0. The first-order valence-corrected chi connectivity index (χ1v) is 407. The Balaban J connectivity index is 0.000000237. The van der Waals surface area contributed by atoms with Crippen LogP contribution in [-0.2, 0) is 27.4 Å². The molecule has 4 unspecified atom stereocenters. The Bertz CT molecular complexity index is 5220. The summed E-state index contributed by atoms with van der Waals surface area (Å²) in [7, 11) is -13.9. The van der Waals surface area contributed by atoms with Crippen LogP contribution in [0.5, 0.6) is 0 Å². The summed E-state index contributed by atoms with van der Waals surface area (Å²) < 4.78 is 59.9. The minimum absolute atomic E-state index is 0. The van der Waals surface area contributed by atoms with Crippen molar-refractivity contribution in [2.75, 3.05) is 50.2 Å². The number of hydrogen-bond acceptors (Lipinski definition) is 17. The summed E-state index contributed by atoms with van der Waals surface area (Å²) in [6.45, 7) is 8.39. The molecule has 4 aromatic carbocycles. The van der Waals surface area contributed by atoms with E-state index < -0.39 is 253 Å². The number of halogens is 62. The fraction of sp³-hybridized carbons (Fsp3) is 0.414. The van der Waals surface area contributed by atoms with Crippen LogP contribution in [-0.4, -0.2) is 101 Å². The van der Waals surface area contributed by atoms with Gasteiger partial charge in [0.25, 0.3) is 0 Å². The number of carbonyl (C=O) groups is 2. The van der Waals surface area contributed by atoms with Crippen molar-refractivity contribution in [3.63, 3.8) is 0 Å². The maximum Gasteiger partial charge on any atom is 1.00 e. The number of carbonyl (C=O) groups excluding carboxylic acids is 1. The van der Waals surface area contributed by atoms with E-state index in [4.69, 9.17) is 28.4 Å². The first-order valence-electron chi connectivity index (χ1n) is 34.7. The summed E-state index contributed by atoms with van der Waals surface area (Å²) in [6, 6.07) is 21.9. The summed E-state index contributed by atoms with van der Waals surface area (Å²) >= 11 is 105. The molecule has 81 heteroatoms. The van der Waals surface area contributed by atoms with Crippen LogP contribution in [0.15, 0.2) is 81.8 Å². The van der Waals surface area contributed by atoms with Crippen molar-refractivity contribution in [2.24, 2.45) is 23.7 Å². The van der Waals surface area contributed by atoms with Gasteiger partial charge in [-0.25, -0.2) is 28.3 Å². The van der Waals surface area contributed by atoms with Crippen molar-refractivity contribution >= 4 is 871 Å². The molecule has 828 valence electrons. The fourth-order valence-corrected chi connectivity index (χ4v) is 11300. The number of hydrogen-bond donors (Lipinski definition) is 2. The molecule has 16 nitrogen and oxygen atoms in total. The van der Waals surface area contributed by atoms with Gasteiger partial charge in [0.15, 0.2) is 21.9 Å². The number of fused-ring (bicyclic) bond motifs is 6. The van der Waals surface area contributed by atoms with Gasteiger partial charge in [-0.1, -0.05) is 81.5 Å². The van der Waals surface area contributed by atoms with E-state index >= 15 is 0 Å². The molecule has 4 bridgehead atoms. The van der Waals surface area contributed by atoms with E-state index in [1.165, 1.54) is 53.0 Å². The number of aromatic carboxylic acids is 1. The van der Waals surface area contributed by atoms with Crippen LogP contribution in [0.1, 0.15) is 105 Å². The van der Waals surface area contributed by atoms with E-state index in [0.717, 1.165) is 133 Å². The Kier molecular flexibility index (Phi) is 94.4. The molecule has 8 aromatic rings. The molecule has 16 rings (SSSR count). The number of aliphatic hydroxyl groups is 1. The van der Waals surface area contributed by atoms with Gasteiger partial charge in [-0.3, -0.25) is 0 Å². The third-order valence-electron chi connectivity index (χ3n) is 18.4. The number of carboxylic acid groups (broad SMARTS) is 1. The number of thiazole rings is 2. The van der Waals surface area contributed by atoms with Crippen molar-refractivity contribution in [2.45, 2.75) is 89.6 Å². The van der Waals surface area contributed by atoms with Crippen LogP contribution < -0.4 is 28.7 Å². The number of methoxy groups -OCH3 is 1. The largest absolute Gasteiger partial charge is 1.00 e. The Labute approximate surface area is 1230 Å². The third-order valence-corrected chi connectivity index (χ3v) is 4650. The predicted octanol–water partition coefficient (Wildman–Crippen LogP) is 61.7. The monoisotopic (exact) mass is 8720 g/mol. The number of rotatable bonds is 42. The second-order valence-electron chi connectivity index (χ2n) is 25.9. The van der Waals surface area contributed by atoms with Gasteiger partial charge >= 0.3 is 837 Å². The van der Waals surface area contributed by atoms with Crippen LogP contribution in [0.25, 0.3) is 42.9 Å². The summed E-state index contributed by atoms with van der Waals surface area (Å²) in [4.78, 5) is 36.7. The minimum atomic E-state index is -1.14. The van der Waals surface area contributed by atoms with E-state index in [1.807, 2.05) is 24.3 Å². The molecule has 4 aromatic heterocycles. The molecule has 0 spiro atoms. The smallest absolute Gasteiger partial charge is 0.870 e. The van der Waals surface area contributed by atoms with Crippen LogP contribution >= 0.6 is 829 Å². The van der Waals surface area contributed by atoms with Crippen LogP contribution in [0.2, 0.25) is 0 Å². The summed E-state index contributed by atoms with van der Waals surface area (Å²) in [5.74, 6) is 1.59. The third kappa shape index (κ3) is 47.0. The molecule has 8 heterocycles. The van der Waals surface area contributed by atoms with Crippen molar-refractivity contribution in [3.8, 4) is 22.5 Å². The van der Waals surface area contributed by atoms with Gasteiger partial charge in [0.1, 0.15) is 33.9 Å². The first-order chi connectivity index (χ1) is 64.7. The maximum atomic E-state index is 14.7. The summed E-state index contributed by atoms with van der Waals surface area (Å²) in [5, 5.41) is 26.7. The molecule has 4 saturated carbocycles. The van der Waals surface area contributed by atoms with Crippen LogP contribution in [0, 0.1) is 49.2 Å². The van der Waals surface area contributed by atoms with Crippen molar-refractivity contribution in [3.05, 3.63) is 129 Å². The Morgan fingerprint density at radius 1 is 0.410 bits per heavy atom. The summed E-state index contributed by atoms with van der Waals surface area (Å²) in [5.41, 5.74) is 9.17.